The molecule has 39 heavy (non-hydrogen) atoms. The van der Waals surface area contributed by atoms with Crippen LogP contribution in [0.2, 0.25) is 0 Å². The first-order chi connectivity index (χ1) is 18.0. The van der Waals surface area contributed by atoms with Crippen molar-refractivity contribution in [3.05, 3.63) is 71.8 Å². The first-order valence-electron chi connectivity index (χ1n) is 12.0. The Kier molecular flexibility index (Phi) is 9.96. The lowest BCUT2D eigenvalue weighted by Gasteiger charge is -2.35. The van der Waals surface area contributed by atoms with Gasteiger partial charge in [0.25, 0.3) is 21.8 Å². The number of sulfonamides is 1. The summed E-state index contributed by atoms with van der Waals surface area (Å²) in [6.07, 6.45) is -2.53. The third kappa shape index (κ3) is 7.85. The summed E-state index contributed by atoms with van der Waals surface area (Å²) in [4.78, 5) is 48.6. The molecule has 0 spiro atoms. The summed E-state index contributed by atoms with van der Waals surface area (Å²) in [5.41, 5.74) is 11.5. The monoisotopic (exact) mass is 562 g/mol. The molecule has 0 heterocycles. The number of nitrogens with zero attached hydrogens (tertiary/aromatic N) is 1. The molecular weight excluding hydrogens is 528 g/mol. The summed E-state index contributed by atoms with van der Waals surface area (Å²) < 4.78 is 32.9. The predicted octanol–water partition coefficient (Wildman–Crippen LogP) is 1.14. The molecule has 0 saturated heterocycles. The summed E-state index contributed by atoms with van der Waals surface area (Å²) in [6, 6.07) is 13.0. The van der Waals surface area contributed by atoms with Gasteiger partial charge in [-0.2, -0.15) is 0 Å². The standard InChI is InChI=1S/C26H34N4O8S/c1-17(27)21(31)30(24(35)38-25(2,3)4)39(36,37)26(28,16-19-13-9-6-10-14-19)23(34)29-20(22(32)33)15-18-11-7-5-8-12-18/h5-14,17,20H,15-16,27-28H2,1-4H3,(H,29,34)(H,32,33)/t17-,20+,26+/m0/s1. The zero-order chi connectivity index (χ0) is 29.6. The van der Waals surface area contributed by atoms with Gasteiger partial charge in [-0.3, -0.25) is 9.59 Å². The van der Waals surface area contributed by atoms with Crippen LogP contribution in [-0.2, 0) is 42.0 Å². The average Bonchev–Trinajstić information content (AvgIpc) is 2.83. The molecule has 0 aliphatic heterocycles. The van der Waals surface area contributed by atoms with Crippen molar-refractivity contribution in [2.45, 2.75) is 63.1 Å². The first kappa shape index (κ1) is 31.4. The van der Waals surface area contributed by atoms with Gasteiger partial charge >= 0.3 is 12.1 Å². The normalized spacial score (nSPS) is 14.8. The van der Waals surface area contributed by atoms with Crippen molar-refractivity contribution in [1.29, 1.82) is 0 Å². The highest BCUT2D eigenvalue weighted by molar-refractivity contribution is 7.92. The smallest absolute Gasteiger partial charge is 0.431 e. The Labute approximate surface area is 227 Å². The summed E-state index contributed by atoms with van der Waals surface area (Å²) in [5, 5.41) is 11.9. The molecule has 3 amide bonds. The minimum absolute atomic E-state index is 0.197. The topological polar surface area (TPSA) is 199 Å². The van der Waals surface area contributed by atoms with Crippen molar-refractivity contribution in [2.75, 3.05) is 0 Å². The quantitative estimate of drug-likeness (QED) is 0.325. The SMILES string of the molecule is C[C@H](N)C(=O)N(C(=O)OC(C)(C)C)S(=O)(=O)[C@](N)(Cc1ccccc1)C(=O)N[C@H](Cc1ccccc1)C(=O)O. The molecule has 2 aromatic carbocycles. The number of amides is 3. The van der Waals surface area contributed by atoms with E-state index in [1.54, 1.807) is 48.5 Å². The van der Waals surface area contributed by atoms with Crippen molar-refractivity contribution in [3.8, 4) is 0 Å². The van der Waals surface area contributed by atoms with E-state index in [1.807, 2.05) is 0 Å². The van der Waals surface area contributed by atoms with Crippen LogP contribution >= 0.6 is 0 Å². The lowest BCUT2D eigenvalue weighted by molar-refractivity contribution is -0.142. The first-order valence-corrected chi connectivity index (χ1v) is 13.4. The number of ether oxygens (including phenoxy) is 1. The van der Waals surface area contributed by atoms with Gasteiger partial charge in [-0.1, -0.05) is 60.7 Å². The molecule has 0 aliphatic carbocycles. The molecule has 3 atom stereocenters. The Hall–Kier alpha value is -3.81. The Morgan fingerprint density at radius 2 is 1.46 bits per heavy atom. The molecule has 212 valence electrons. The fourth-order valence-electron chi connectivity index (χ4n) is 3.48. The second-order valence-corrected chi connectivity index (χ2v) is 12.0. The second-order valence-electron chi connectivity index (χ2n) is 9.98. The molecule has 2 rings (SSSR count). The van der Waals surface area contributed by atoms with Gasteiger partial charge < -0.3 is 26.6 Å². The fourth-order valence-corrected chi connectivity index (χ4v) is 5.08. The molecule has 13 heteroatoms. The number of nitrogens with two attached hydrogens (primary N) is 2. The predicted molar refractivity (Wildman–Crippen MR) is 142 cm³/mol. The average molecular weight is 563 g/mol. The van der Waals surface area contributed by atoms with Crippen LogP contribution in [0, 0.1) is 0 Å². The third-order valence-corrected chi connectivity index (χ3v) is 7.49. The number of carbonyl (C=O) groups excluding carboxylic acids is 3. The van der Waals surface area contributed by atoms with E-state index >= 15 is 0 Å². The van der Waals surface area contributed by atoms with Crippen molar-refractivity contribution in [3.63, 3.8) is 0 Å². The molecule has 0 saturated carbocycles. The number of rotatable bonds is 10. The molecule has 0 radical (unpaired) electrons. The Balaban J connectivity index is 2.63. The molecule has 6 N–H and O–H groups in total. The van der Waals surface area contributed by atoms with E-state index in [0.29, 0.717) is 5.56 Å². The molecule has 0 aliphatic rings. The van der Waals surface area contributed by atoms with Gasteiger partial charge in [0, 0.05) is 12.8 Å². The number of hydrogen-bond donors (Lipinski definition) is 4. The number of carboxylic acid groups (broad SMARTS) is 1. The summed E-state index contributed by atoms with van der Waals surface area (Å²) >= 11 is 0. The van der Waals surface area contributed by atoms with Gasteiger partial charge in [-0.05, 0) is 38.8 Å². The van der Waals surface area contributed by atoms with Crippen molar-refractivity contribution in [1.82, 2.24) is 9.62 Å². The summed E-state index contributed by atoms with van der Waals surface area (Å²) in [6.45, 7) is 5.48. The van der Waals surface area contributed by atoms with Crippen LogP contribution in [0.15, 0.2) is 60.7 Å². The number of nitrogens with one attached hydrogen (secondary N) is 1. The highest BCUT2D eigenvalue weighted by Crippen LogP contribution is 2.26. The molecule has 0 fully saturated rings. The maximum absolute atomic E-state index is 14.0. The zero-order valence-electron chi connectivity index (χ0n) is 22.2. The largest absolute Gasteiger partial charge is 0.480 e. The zero-order valence-corrected chi connectivity index (χ0v) is 23.0. The van der Waals surface area contributed by atoms with Gasteiger partial charge in [-0.25, -0.2) is 18.0 Å². The van der Waals surface area contributed by atoms with Gasteiger partial charge in [0.15, 0.2) is 0 Å². The van der Waals surface area contributed by atoms with Gasteiger partial charge in [0.05, 0.1) is 6.04 Å². The Morgan fingerprint density at radius 1 is 0.974 bits per heavy atom. The highest BCUT2D eigenvalue weighted by atomic mass is 32.2. The molecule has 0 bridgehead atoms. The number of carbonyl (C=O) groups is 4. The highest BCUT2D eigenvalue weighted by Gasteiger charge is 2.56. The van der Waals surface area contributed by atoms with Crippen LogP contribution in [0.3, 0.4) is 0 Å². The second kappa shape index (κ2) is 12.4. The molecular formula is C26H34N4O8S. The Morgan fingerprint density at radius 3 is 1.90 bits per heavy atom. The molecule has 0 unspecified atom stereocenters. The van der Waals surface area contributed by atoms with Gasteiger partial charge in [0.1, 0.15) is 11.6 Å². The summed E-state index contributed by atoms with van der Waals surface area (Å²) in [7, 11) is -5.42. The van der Waals surface area contributed by atoms with E-state index < -0.39 is 62.9 Å². The van der Waals surface area contributed by atoms with E-state index in [0.717, 1.165) is 6.92 Å². The van der Waals surface area contributed by atoms with E-state index in [1.165, 1.54) is 32.9 Å². The van der Waals surface area contributed by atoms with E-state index in [9.17, 15) is 32.7 Å². The molecule has 0 aromatic heterocycles. The number of benzene rings is 2. The van der Waals surface area contributed by atoms with Crippen LogP contribution in [0.4, 0.5) is 4.79 Å². The number of hydrogen-bond acceptors (Lipinski definition) is 9. The van der Waals surface area contributed by atoms with Crippen molar-refractivity contribution >= 4 is 33.9 Å². The number of imide groups is 1. The van der Waals surface area contributed by atoms with Crippen LogP contribution in [0.1, 0.15) is 38.8 Å². The molecule has 12 nitrogen and oxygen atoms in total. The third-order valence-electron chi connectivity index (χ3n) is 5.43. The lowest BCUT2D eigenvalue weighted by Crippen LogP contribution is -2.68. The number of aliphatic carboxylic acids is 1. The van der Waals surface area contributed by atoms with Crippen LogP contribution in [0.5, 0.6) is 0 Å². The van der Waals surface area contributed by atoms with Gasteiger partial charge in [-0.15, -0.1) is 4.31 Å². The van der Waals surface area contributed by atoms with Crippen molar-refractivity contribution < 1.29 is 37.4 Å². The molecule has 2 aromatic rings. The van der Waals surface area contributed by atoms with E-state index in [2.05, 4.69) is 5.32 Å². The fraction of sp³-hybridized carbons (Fsp3) is 0.385. The lowest BCUT2D eigenvalue weighted by atomic mass is 10.0. The minimum atomic E-state index is -5.42. The van der Waals surface area contributed by atoms with Crippen LogP contribution in [-0.4, -0.2) is 64.3 Å². The summed E-state index contributed by atoms with van der Waals surface area (Å²) in [5.74, 6) is -4.29. The van der Waals surface area contributed by atoms with Crippen molar-refractivity contribution in [2.24, 2.45) is 11.5 Å². The minimum Gasteiger partial charge on any atom is -0.480 e. The maximum Gasteiger partial charge on any atom is 0.431 e. The Bertz CT molecular complexity index is 1290. The van der Waals surface area contributed by atoms with E-state index in [-0.39, 0.29) is 16.3 Å². The van der Waals surface area contributed by atoms with Gasteiger partial charge in [0.2, 0.25) is 4.87 Å². The van der Waals surface area contributed by atoms with Crippen LogP contribution < -0.4 is 16.8 Å². The van der Waals surface area contributed by atoms with E-state index in [4.69, 9.17) is 16.2 Å². The number of carboxylic acids is 1. The van der Waals surface area contributed by atoms with Crippen LogP contribution in [0.25, 0.3) is 0 Å². The maximum atomic E-state index is 14.0.